The summed E-state index contributed by atoms with van der Waals surface area (Å²) in [6, 6.07) is 7.29. The van der Waals surface area contributed by atoms with Gasteiger partial charge in [0.2, 0.25) is 0 Å². The topological polar surface area (TPSA) is 54.1 Å². The number of ether oxygens (including phenoxy) is 1. The van der Waals surface area contributed by atoms with Gasteiger partial charge in [-0.25, -0.2) is 4.79 Å². The molecule has 110 valence electrons. The molecule has 2 aromatic rings. The summed E-state index contributed by atoms with van der Waals surface area (Å²) in [7, 11) is 0. The van der Waals surface area contributed by atoms with Crippen molar-refractivity contribution in [1.29, 1.82) is 0 Å². The van der Waals surface area contributed by atoms with Gasteiger partial charge in [-0.15, -0.1) is 0 Å². The van der Waals surface area contributed by atoms with Crippen molar-refractivity contribution >= 4 is 11.7 Å². The van der Waals surface area contributed by atoms with Gasteiger partial charge >= 0.3 is 12.1 Å². The lowest BCUT2D eigenvalue weighted by Crippen LogP contribution is -2.59. The number of hydrogen-bond donors (Lipinski definition) is 2. The van der Waals surface area contributed by atoms with Gasteiger partial charge in [0, 0.05) is 6.20 Å². The van der Waals surface area contributed by atoms with Gasteiger partial charge in [-0.2, -0.15) is 13.2 Å². The summed E-state index contributed by atoms with van der Waals surface area (Å²) in [6.07, 6.45) is -3.54. The van der Waals surface area contributed by atoms with Crippen LogP contribution in [0.2, 0.25) is 0 Å². The molecular formula is C14H11F3N2O2. The highest BCUT2D eigenvalue weighted by molar-refractivity contribution is 5.93. The number of esters is 1. The van der Waals surface area contributed by atoms with Crippen LogP contribution in [-0.2, 0) is 10.3 Å². The number of benzene rings is 1. The number of carbonyl (C=O) groups excluding carboxylic acids is 1. The van der Waals surface area contributed by atoms with Crippen LogP contribution in [0.4, 0.5) is 18.9 Å². The molecule has 0 saturated heterocycles. The van der Waals surface area contributed by atoms with E-state index < -0.39 is 17.7 Å². The van der Waals surface area contributed by atoms with Crippen LogP contribution < -0.4 is 10.1 Å². The van der Waals surface area contributed by atoms with Crippen molar-refractivity contribution in [3.05, 3.63) is 47.8 Å². The molecule has 2 heterocycles. The van der Waals surface area contributed by atoms with Gasteiger partial charge in [-0.05, 0) is 30.7 Å². The Labute approximate surface area is 117 Å². The third-order valence-electron chi connectivity index (χ3n) is 3.48. The van der Waals surface area contributed by atoms with Crippen LogP contribution in [0.15, 0.2) is 36.5 Å². The summed E-state index contributed by atoms with van der Waals surface area (Å²) in [5.74, 6) is -1.32. The first kappa shape index (κ1) is 13.5. The molecule has 0 radical (unpaired) electrons. The smallest absolute Gasteiger partial charge is 0.422 e. The second-order valence-electron chi connectivity index (χ2n) is 4.79. The Morgan fingerprint density at radius 1 is 1.19 bits per heavy atom. The summed E-state index contributed by atoms with van der Waals surface area (Å²) in [6.45, 7) is 1.64. The molecule has 7 heteroatoms. The SMILES string of the molecule is Cc1cccc2c1N[C@@](c1ccc[nH]1)(C(F)(F)F)C(=O)O2. The number of anilines is 1. The Kier molecular flexibility index (Phi) is 2.76. The fourth-order valence-corrected chi connectivity index (χ4v) is 2.38. The number of carbonyl (C=O) groups is 1. The maximum atomic E-state index is 13.7. The Morgan fingerprint density at radius 2 is 1.95 bits per heavy atom. The van der Waals surface area contributed by atoms with Crippen LogP contribution in [0.25, 0.3) is 0 Å². The van der Waals surface area contributed by atoms with Crippen molar-refractivity contribution in [1.82, 2.24) is 4.98 Å². The lowest BCUT2D eigenvalue weighted by Gasteiger charge is -2.38. The van der Waals surface area contributed by atoms with Gasteiger partial charge in [0.25, 0.3) is 5.54 Å². The van der Waals surface area contributed by atoms with E-state index in [2.05, 4.69) is 10.3 Å². The molecule has 1 aliphatic rings. The number of alkyl halides is 3. The van der Waals surface area contributed by atoms with Crippen molar-refractivity contribution in [2.24, 2.45) is 0 Å². The normalized spacial score (nSPS) is 21.4. The predicted molar refractivity (Wildman–Crippen MR) is 69.0 cm³/mol. The van der Waals surface area contributed by atoms with E-state index in [-0.39, 0.29) is 17.1 Å². The maximum Gasteiger partial charge on any atom is 0.428 e. The third kappa shape index (κ3) is 1.80. The molecule has 4 nitrogen and oxygen atoms in total. The molecule has 0 fully saturated rings. The van der Waals surface area contributed by atoms with Crippen molar-refractivity contribution in [2.75, 3.05) is 5.32 Å². The van der Waals surface area contributed by atoms with Crippen LogP contribution in [0.1, 0.15) is 11.3 Å². The van der Waals surface area contributed by atoms with Gasteiger partial charge in [-0.1, -0.05) is 12.1 Å². The second-order valence-corrected chi connectivity index (χ2v) is 4.79. The summed E-state index contributed by atoms with van der Waals surface area (Å²) in [5.41, 5.74) is -2.53. The number of para-hydroxylation sites is 1. The number of fused-ring (bicyclic) bond motifs is 1. The Morgan fingerprint density at radius 3 is 2.57 bits per heavy atom. The van der Waals surface area contributed by atoms with Crippen molar-refractivity contribution in [3.8, 4) is 5.75 Å². The molecule has 0 saturated carbocycles. The largest absolute Gasteiger partial charge is 0.428 e. The van der Waals surface area contributed by atoms with Crippen molar-refractivity contribution < 1.29 is 22.7 Å². The molecule has 21 heavy (non-hydrogen) atoms. The third-order valence-corrected chi connectivity index (χ3v) is 3.48. The van der Waals surface area contributed by atoms with Crippen LogP contribution >= 0.6 is 0 Å². The first-order chi connectivity index (χ1) is 9.86. The number of aromatic amines is 1. The number of aromatic nitrogens is 1. The molecule has 1 aromatic heterocycles. The van der Waals surface area contributed by atoms with E-state index in [0.29, 0.717) is 5.56 Å². The molecule has 1 aliphatic heterocycles. The van der Waals surface area contributed by atoms with Gasteiger partial charge in [0.15, 0.2) is 5.75 Å². The predicted octanol–water partition coefficient (Wildman–Crippen LogP) is 3.11. The molecule has 0 aliphatic carbocycles. The number of hydrogen-bond acceptors (Lipinski definition) is 3. The van der Waals surface area contributed by atoms with Crippen LogP contribution in [-0.4, -0.2) is 17.1 Å². The van der Waals surface area contributed by atoms with E-state index in [1.54, 1.807) is 19.1 Å². The maximum absolute atomic E-state index is 13.7. The fraction of sp³-hybridized carbons (Fsp3) is 0.214. The molecule has 0 spiro atoms. The molecule has 1 atom stereocenters. The Balaban J connectivity index is 2.23. The van der Waals surface area contributed by atoms with E-state index in [9.17, 15) is 18.0 Å². The lowest BCUT2D eigenvalue weighted by atomic mass is 9.91. The zero-order valence-electron chi connectivity index (χ0n) is 10.9. The van der Waals surface area contributed by atoms with Gasteiger partial charge in [0.05, 0.1) is 11.4 Å². The van der Waals surface area contributed by atoms with E-state index in [1.165, 1.54) is 24.4 Å². The molecule has 0 amide bonds. The van der Waals surface area contributed by atoms with Crippen molar-refractivity contribution in [2.45, 2.75) is 18.6 Å². The van der Waals surface area contributed by atoms with E-state index in [0.717, 1.165) is 0 Å². The molecule has 0 bridgehead atoms. The standard InChI is InChI=1S/C14H11F3N2O2/c1-8-4-2-5-9-11(8)19-13(12(20)21-9,14(15,16)17)10-6-3-7-18-10/h2-7,18-19H,1H3/t13-/m1/s1. The molecular weight excluding hydrogens is 285 g/mol. The minimum atomic E-state index is -4.87. The number of H-pyrrole nitrogens is 1. The van der Waals surface area contributed by atoms with Gasteiger partial charge in [-0.3, -0.25) is 0 Å². The number of rotatable bonds is 1. The Bertz CT molecular complexity index is 695. The summed E-state index contributed by atoms with van der Waals surface area (Å²) < 4.78 is 45.9. The molecule has 0 unspecified atom stereocenters. The summed E-state index contributed by atoms with van der Waals surface area (Å²) in [4.78, 5) is 14.6. The highest BCUT2D eigenvalue weighted by atomic mass is 19.4. The fourth-order valence-electron chi connectivity index (χ4n) is 2.38. The highest BCUT2D eigenvalue weighted by Gasteiger charge is 2.66. The zero-order chi connectivity index (χ0) is 15.3. The quantitative estimate of drug-likeness (QED) is 0.628. The molecule has 2 N–H and O–H groups in total. The minimum Gasteiger partial charge on any atom is -0.422 e. The average Bonchev–Trinajstić information content (AvgIpc) is 2.91. The second kappa shape index (κ2) is 4.28. The molecule has 3 rings (SSSR count). The summed E-state index contributed by atoms with van der Waals surface area (Å²) >= 11 is 0. The van der Waals surface area contributed by atoms with Crippen molar-refractivity contribution in [3.63, 3.8) is 0 Å². The number of nitrogens with one attached hydrogen (secondary N) is 2. The monoisotopic (exact) mass is 296 g/mol. The molecule has 1 aromatic carbocycles. The minimum absolute atomic E-state index is 0.0893. The van der Waals surface area contributed by atoms with E-state index >= 15 is 0 Å². The lowest BCUT2D eigenvalue weighted by molar-refractivity contribution is -0.199. The zero-order valence-corrected chi connectivity index (χ0v) is 10.9. The number of halogens is 3. The van der Waals surface area contributed by atoms with Gasteiger partial charge in [0.1, 0.15) is 0 Å². The van der Waals surface area contributed by atoms with Crippen LogP contribution in [0.3, 0.4) is 0 Å². The Hall–Kier alpha value is -2.44. The van der Waals surface area contributed by atoms with Crippen LogP contribution in [0, 0.1) is 6.92 Å². The van der Waals surface area contributed by atoms with E-state index in [4.69, 9.17) is 4.74 Å². The highest BCUT2D eigenvalue weighted by Crippen LogP contribution is 2.47. The van der Waals surface area contributed by atoms with Crippen LogP contribution in [0.5, 0.6) is 5.75 Å². The first-order valence-electron chi connectivity index (χ1n) is 6.17. The summed E-state index contributed by atoms with van der Waals surface area (Å²) in [5, 5.41) is 2.34. The average molecular weight is 296 g/mol. The van der Waals surface area contributed by atoms with E-state index in [1.807, 2.05) is 0 Å². The number of aryl methyl sites for hydroxylation is 1. The first-order valence-corrected chi connectivity index (χ1v) is 6.17. The van der Waals surface area contributed by atoms with Gasteiger partial charge < -0.3 is 15.0 Å².